The molecule has 0 atom stereocenters. The summed E-state index contributed by atoms with van der Waals surface area (Å²) in [7, 11) is 1.51. The lowest BCUT2D eigenvalue weighted by molar-refractivity contribution is -0.123. The van der Waals surface area contributed by atoms with Crippen molar-refractivity contribution in [1.29, 1.82) is 0 Å². The lowest BCUT2D eigenvalue weighted by atomic mass is 10.1. The summed E-state index contributed by atoms with van der Waals surface area (Å²) in [5.74, 6) is 0.717. The summed E-state index contributed by atoms with van der Waals surface area (Å²) in [4.78, 5) is 11.9. The van der Waals surface area contributed by atoms with E-state index in [1.165, 1.54) is 12.7 Å². The Kier molecular flexibility index (Phi) is 7.08. The van der Waals surface area contributed by atoms with Crippen molar-refractivity contribution in [2.75, 3.05) is 20.3 Å². The van der Waals surface area contributed by atoms with Crippen molar-refractivity contribution in [2.45, 2.75) is 13.0 Å². The molecule has 1 amide bonds. The molecule has 128 valence electrons. The van der Waals surface area contributed by atoms with Crippen molar-refractivity contribution in [3.8, 4) is 11.5 Å². The van der Waals surface area contributed by atoms with Crippen LogP contribution in [-0.2, 0) is 17.8 Å². The van der Waals surface area contributed by atoms with Crippen LogP contribution >= 0.6 is 15.9 Å². The summed E-state index contributed by atoms with van der Waals surface area (Å²) in [5, 5.41) is 12.1. The number of aliphatic hydroxyl groups excluding tert-OH is 1. The third kappa shape index (κ3) is 5.25. The number of amides is 1. The smallest absolute Gasteiger partial charge is 0.257 e. The maximum absolute atomic E-state index is 11.9. The van der Waals surface area contributed by atoms with Crippen LogP contribution < -0.4 is 14.8 Å². The molecule has 0 heterocycles. The van der Waals surface area contributed by atoms with Crippen LogP contribution in [-0.4, -0.2) is 31.3 Å². The van der Waals surface area contributed by atoms with Gasteiger partial charge in [0.1, 0.15) is 0 Å². The minimum absolute atomic E-state index is 0.101. The van der Waals surface area contributed by atoms with Crippen LogP contribution in [0.3, 0.4) is 0 Å². The standard InChI is InChI=1S/C18H20BrNO4/c1-23-16-9-14(11-21)15(19)10-17(16)24-12-18(22)20-8-7-13-5-3-2-4-6-13/h2-6,9-10,21H,7-8,11-12H2,1H3,(H,20,22). The highest BCUT2D eigenvalue weighted by Gasteiger charge is 2.11. The van der Waals surface area contributed by atoms with Gasteiger partial charge in [-0.15, -0.1) is 0 Å². The van der Waals surface area contributed by atoms with Gasteiger partial charge in [-0.1, -0.05) is 46.3 Å². The first kappa shape index (κ1) is 18.3. The Labute approximate surface area is 149 Å². The van der Waals surface area contributed by atoms with Gasteiger partial charge in [-0.3, -0.25) is 4.79 Å². The average Bonchev–Trinajstić information content (AvgIpc) is 2.61. The van der Waals surface area contributed by atoms with Crippen LogP contribution in [0.5, 0.6) is 11.5 Å². The molecular weight excluding hydrogens is 374 g/mol. The number of carbonyl (C=O) groups is 1. The largest absolute Gasteiger partial charge is 0.493 e. The highest BCUT2D eigenvalue weighted by Crippen LogP contribution is 2.33. The zero-order valence-electron chi connectivity index (χ0n) is 13.4. The van der Waals surface area contributed by atoms with E-state index < -0.39 is 0 Å². The molecule has 0 aliphatic heterocycles. The van der Waals surface area contributed by atoms with E-state index in [0.717, 1.165) is 6.42 Å². The van der Waals surface area contributed by atoms with E-state index in [4.69, 9.17) is 9.47 Å². The van der Waals surface area contributed by atoms with Gasteiger partial charge in [-0.25, -0.2) is 0 Å². The van der Waals surface area contributed by atoms with Crippen LogP contribution in [0.4, 0.5) is 0 Å². The van der Waals surface area contributed by atoms with Crippen molar-refractivity contribution < 1.29 is 19.4 Å². The molecule has 2 rings (SSSR count). The van der Waals surface area contributed by atoms with Crippen molar-refractivity contribution >= 4 is 21.8 Å². The topological polar surface area (TPSA) is 67.8 Å². The van der Waals surface area contributed by atoms with E-state index in [0.29, 0.717) is 28.1 Å². The molecule has 0 radical (unpaired) electrons. The van der Waals surface area contributed by atoms with E-state index in [2.05, 4.69) is 21.2 Å². The number of methoxy groups -OCH3 is 1. The Bertz CT molecular complexity index is 676. The van der Waals surface area contributed by atoms with Crippen molar-refractivity contribution in [2.24, 2.45) is 0 Å². The molecule has 0 aliphatic rings. The van der Waals surface area contributed by atoms with Crippen LogP contribution in [0.25, 0.3) is 0 Å². The number of rotatable bonds is 8. The first-order valence-electron chi connectivity index (χ1n) is 7.54. The second kappa shape index (κ2) is 9.30. The van der Waals surface area contributed by atoms with Gasteiger partial charge in [-0.05, 0) is 29.7 Å². The van der Waals surface area contributed by atoms with Crippen LogP contribution in [0.15, 0.2) is 46.9 Å². The Morgan fingerprint density at radius 1 is 1.21 bits per heavy atom. The van der Waals surface area contributed by atoms with E-state index in [9.17, 15) is 9.90 Å². The zero-order valence-corrected chi connectivity index (χ0v) is 15.0. The number of hydrogen-bond donors (Lipinski definition) is 2. The van der Waals surface area contributed by atoms with E-state index in [-0.39, 0.29) is 19.1 Å². The summed E-state index contributed by atoms with van der Waals surface area (Å²) >= 11 is 3.35. The van der Waals surface area contributed by atoms with Crippen LogP contribution in [0, 0.1) is 0 Å². The highest BCUT2D eigenvalue weighted by molar-refractivity contribution is 9.10. The molecule has 0 saturated carbocycles. The second-order valence-electron chi connectivity index (χ2n) is 5.13. The number of nitrogens with one attached hydrogen (secondary N) is 1. The normalized spacial score (nSPS) is 10.3. The van der Waals surface area contributed by atoms with E-state index in [1.54, 1.807) is 12.1 Å². The summed E-state index contributed by atoms with van der Waals surface area (Å²) < 4.78 is 11.4. The molecule has 6 heteroatoms. The fraction of sp³-hybridized carbons (Fsp3) is 0.278. The molecule has 0 unspecified atom stereocenters. The molecule has 2 N–H and O–H groups in total. The first-order chi connectivity index (χ1) is 11.6. The summed E-state index contributed by atoms with van der Waals surface area (Å²) in [5.41, 5.74) is 1.86. The van der Waals surface area contributed by atoms with Gasteiger partial charge < -0.3 is 19.9 Å². The van der Waals surface area contributed by atoms with Crippen molar-refractivity contribution in [3.05, 3.63) is 58.1 Å². The summed E-state index contributed by atoms with van der Waals surface area (Å²) in [6, 6.07) is 13.3. The second-order valence-corrected chi connectivity index (χ2v) is 5.98. The first-order valence-corrected chi connectivity index (χ1v) is 8.34. The quantitative estimate of drug-likeness (QED) is 0.723. The molecular formula is C18H20BrNO4. The number of halogens is 1. The van der Waals surface area contributed by atoms with Gasteiger partial charge in [-0.2, -0.15) is 0 Å². The third-order valence-electron chi connectivity index (χ3n) is 3.44. The number of ether oxygens (including phenoxy) is 2. The van der Waals surface area contributed by atoms with Crippen LogP contribution in [0.1, 0.15) is 11.1 Å². The number of benzene rings is 2. The minimum atomic E-state index is -0.199. The van der Waals surface area contributed by atoms with Gasteiger partial charge in [0.25, 0.3) is 5.91 Å². The Hall–Kier alpha value is -2.05. The number of hydrogen-bond acceptors (Lipinski definition) is 4. The third-order valence-corrected chi connectivity index (χ3v) is 4.18. The number of carbonyl (C=O) groups excluding carboxylic acids is 1. The Balaban J connectivity index is 1.84. The summed E-state index contributed by atoms with van der Waals surface area (Å²) in [6.07, 6.45) is 0.770. The fourth-order valence-electron chi connectivity index (χ4n) is 2.16. The molecule has 0 spiro atoms. The molecule has 0 saturated heterocycles. The van der Waals surface area contributed by atoms with Gasteiger partial charge >= 0.3 is 0 Å². The molecule has 2 aromatic carbocycles. The predicted molar refractivity (Wildman–Crippen MR) is 95.3 cm³/mol. The van der Waals surface area contributed by atoms with E-state index >= 15 is 0 Å². The lowest BCUT2D eigenvalue weighted by Gasteiger charge is -2.13. The molecule has 0 aromatic heterocycles. The Morgan fingerprint density at radius 3 is 2.62 bits per heavy atom. The van der Waals surface area contributed by atoms with Crippen molar-refractivity contribution in [1.82, 2.24) is 5.32 Å². The SMILES string of the molecule is COc1cc(CO)c(Br)cc1OCC(=O)NCCc1ccccc1. The predicted octanol–water partition coefficient (Wildman–Crippen LogP) is 2.69. The monoisotopic (exact) mass is 393 g/mol. The average molecular weight is 394 g/mol. The Morgan fingerprint density at radius 2 is 1.96 bits per heavy atom. The van der Waals surface area contributed by atoms with Gasteiger partial charge in [0.05, 0.1) is 13.7 Å². The molecule has 24 heavy (non-hydrogen) atoms. The lowest BCUT2D eigenvalue weighted by Crippen LogP contribution is -2.30. The molecule has 2 aromatic rings. The molecule has 0 bridgehead atoms. The van der Waals surface area contributed by atoms with Crippen LogP contribution in [0.2, 0.25) is 0 Å². The molecule has 0 fully saturated rings. The van der Waals surface area contributed by atoms with E-state index in [1.807, 2.05) is 30.3 Å². The molecule has 5 nitrogen and oxygen atoms in total. The van der Waals surface area contributed by atoms with Gasteiger partial charge in [0, 0.05) is 11.0 Å². The summed E-state index contributed by atoms with van der Waals surface area (Å²) in [6.45, 7) is 0.337. The maximum Gasteiger partial charge on any atom is 0.257 e. The number of aliphatic hydroxyl groups is 1. The highest BCUT2D eigenvalue weighted by atomic mass is 79.9. The maximum atomic E-state index is 11.9. The zero-order chi connectivity index (χ0) is 17.4. The van der Waals surface area contributed by atoms with Crippen molar-refractivity contribution in [3.63, 3.8) is 0 Å². The minimum Gasteiger partial charge on any atom is -0.493 e. The van der Waals surface area contributed by atoms with Gasteiger partial charge in [0.2, 0.25) is 0 Å². The van der Waals surface area contributed by atoms with Gasteiger partial charge in [0.15, 0.2) is 18.1 Å². The fourth-order valence-corrected chi connectivity index (χ4v) is 2.60. The molecule has 0 aliphatic carbocycles.